The number of aromatic nitrogens is 1. The molecule has 2 rings (SSSR count). The second-order valence-corrected chi connectivity index (χ2v) is 7.02. The van der Waals surface area contributed by atoms with Gasteiger partial charge in [-0.3, -0.25) is 9.59 Å². The molecule has 0 unspecified atom stereocenters. The minimum atomic E-state index is -0.398. The highest BCUT2D eigenvalue weighted by molar-refractivity contribution is 5.95. The van der Waals surface area contributed by atoms with Crippen molar-refractivity contribution in [2.24, 2.45) is 5.92 Å². The number of amides is 1. The number of hydrogen-bond donors (Lipinski definition) is 1. The van der Waals surface area contributed by atoms with Crippen LogP contribution < -0.4 is 5.56 Å². The van der Waals surface area contributed by atoms with Gasteiger partial charge in [-0.2, -0.15) is 0 Å². The molecule has 0 aliphatic carbocycles. The molecule has 2 atom stereocenters. The lowest BCUT2D eigenvalue weighted by molar-refractivity contribution is -0.0859. The van der Waals surface area contributed by atoms with Crippen LogP contribution in [-0.4, -0.2) is 52.4 Å². The number of carbonyl (C=O) groups excluding carboxylic acids is 1. The Balaban J connectivity index is 2.28. The Morgan fingerprint density at radius 3 is 2.75 bits per heavy atom. The molecule has 1 aliphatic rings. The summed E-state index contributed by atoms with van der Waals surface area (Å²) in [6, 6.07) is 1.82. The van der Waals surface area contributed by atoms with Crippen molar-refractivity contribution in [1.29, 1.82) is 0 Å². The molecule has 0 bridgehead atoms. The average Bonchev–Trinajstić information content (AvgIpc) is 2.53. The van der Waals surface area contributed by atoms with Gasteiger partial charge in [0.2, 0.25) is 0 Å². The van der Waals surface area contributed by atoms with Gasteiger partial charge >= 0.3 is 0 Å². The van der Waals surface area contributed by atoms with Gasteiger partial charge in [0.1, 0.15) is 5.56 Å². The maximum Gasteiger partial charge on any atom is 0.263 e. The summed E-state index contributed by atoms with van der Waals surface area (Å²) in [7, 11) is 0. The molecule has 0 radical (unpaired) electrons. The molecule has 1 saturated heterocycles. The van der Waals surface area contributed by atoms with Crippen LogP contribution in [0.5, 0.6) is 0 Å². The molecule has 6 heteroatoms. The highest BCUT2D eigenvalue weighted by atomic mass is 16.5. The molecule has 0 saturated carbocycles. The summed E-state index contributed by atoms with van der Waals surface area (Å²) >= 11 is 0. The normalized spacial score (nSPS) is 21.3. The Hall–Kier alpha value is -1.66. The first-order chi connectivity index (χ1) is 11.3. The molecule has 6 nitrogen and oxygen atoms in total. The van der Waals surface area contributed by atoms with Crippen LogP contribution in [0.15, 0.2) is 17.1 Å². The Labute approximate surface area is 143 Å². The number of aliphatic hydroxyl groups is 1. The van der Waals surface area contributed by atoms with E-state index >= 15 is 0 Å². The van der Waals surface area contributed by atoms with Gasteiger partial charge in [-0.15, -0.1) is 0 Å². The first kappa shape index (κ1) is 18.7. The van der Waals surface area contributed by atoms with Crippen molar-refractivity contribution < 1.29 is 14.6 Å². The van der Waals surface area contributed by atoms with Gasteiger partial charge in [0, 0.05) is 25.8 Å². The summed E-state index contributed by atoms with van der Waals surface area (Å²) < 4.78 is 7.19. The molecule has 24 heavy (non-hydrogen) atoms. The Morgan fingerprint density at radius 1 is 1.42 bits per heavy atom. The van der Waals surface area contributed by atoms with Crippen LogP contribution in [0.3, 0.4) is 0 Å². The van der Waals surface area contributed by atoms with Gasteiger partial charge in [-0.1, -0.05) is 13.8 Å². The molecule has 0 aromatic carbocycles. The molecule has 1 aromatic heterocycles. The summed E-state index contributed by atoms with van der Waals surface area (Å²) in [6.45, 7) is 9.06. The summed E-state index contributed by atoms with van der Waals surface area (Å²) in [5.74, 6) is 0.216. The van der Waals surface area contributed by atoms with E-state index in [2.05, 4.69) is 13.8 Å². The van der Waals surface area contributed by atoms with Gasteiger partial charge < -0.3 is 19.3 Å². The third-order valence-electron chi connectivity index (χ3n) is 4.35. The number of aryl methyl sites for hydroxylation is 2. The molecule has 2 heterocycles. The van der Waals surface area contributed by atoms with Crippen LogP contribution in [-0.2, 0) is 11.3 Å². The first-order valence-corrected chi connectivity index (χ1v) is 8.59. The zero-order chi connectivity index (χ0) is 17.9. The van der Waals surface area contributed by atoms with Crippen molar-refractivity contribution in [3.05, 3.63) is 33.7 Å². The number of aliphatic hydroxyl groups excluding tert-OH is 1. The van der Waals surface area contributed by atoms with Crippen LogP contribution in [0.25, 0.3) is 0 Å². The lowest BCUT2D eigenvalue weighted by atomic mass is 10.1. The molecule has 1 N–H and O–H groups in total. The third kappa shape index (κ3) is 4.24. The second-order valence-electron chi connectivity index (χ2n) is 7.02. The SMILES string of the molecule is Cc1ccn(CCC(C)C)c(=O)c1C(=O)N1C[C@@H](CO)O[C@@H](C)C1. The van der Waals surface area contributed by atoms with Crippen LogP contribution in [0, 0.1) is 12.8 Å². The highest BCUT2D eigenvalue weighted by Crippen LogP contribution is 2.15. The number of pyridine rings is 1. The predicted molar refractivity (Wildman–Crippen MR) is 92.2 cm³/mol. The largest absolute Gasteiger partial charge is 0.394 e. The predicted octanol–water partition coefficient (Wildman–Crippen LogP) is 1.42. The summed E-state index contributed by atoms with van der Waals surface area (Å²) in [6.07, 6.45) is 2.09. The van der Waals surface area contributed by atoms with Crippen LogP contribution in [0.4, 0.5) is 0 Å². The minimum absolute atomic E-state index is 0.138. The number of morpholine rings is 1. The molecule has 1 aliphatic heterocycles. The van der Waals surface area contributed by atoms with Crippen LogP contribution >= 0.6 is 0 Å². The van der Waals surface area contributed by atoms with Crippen molar-refractivity contribution in [1.82, 2.24) is 9.47 Å². The second kappa shape index (κ2) is 7.94. The van der Waals surface area contributed by atoms with E-state index in [0.717, 1.165) is 6.42 Å². The number of nitrogens with zero attached hydrogens (tertiary/aromatic N) is 2. The lowest BCUT2D eigenvalue weighted by Crippen LogP contribution is -2.51. The maximum absolute atomic E-state index is 12.9. The van der Waals surface area contributed by atoms with Crippen molar-refractivity contribution in [2.45, 2.75) is 52.9 Å². The molecular formula is C18H28N2O4. The van der Waals surface area contributed by atoms with Gasteiger partial charge in [-0.05, 0) is 37.8 Å². The Morgan fingerprint density at radius 2 is 2.12 bits per heavy atom. The van der Waals surface area contributed by atoms with Crippen molar-refractivity contribution >= 4 is 5.91 Å². The Kier molecular flexibility index (Phi) is 6.18. The fourth-order valence-corrected chi connectivity index (χ4v) is 2.97. The van der Waals surface area contributed by atoms with Crippen molar-refractivity contribution in [2.75, 3.05) is 19.7 Å². The number of ether oxygens (including phenoxy) is 1. The zero-order valence-electron chi connectivity index (χ0n) is 15.0. The van der Waals surface area contributed by atoms with Crippen molar-refractivity contribution in [3.8, 4) is 0 Å². The van der Waals surface area contributed by atoms with E-state index in [0.29, 0.717) is 31.1 Å². The van der Waals surface area contributed by atoms with E-state index in [1.165, 1.54) is 0 Å². The van der Waals surface area contributed by atoms with Crippen LogP contribution in [0.2, 0.25) is 0 Å². The van der Waals surface area contributed by atoms with Gasteiger partial charge in [0.05, 0.1) is 18.8 Å². The number of carbonyl (C=O) groups is 1. The lowest BCUT2D eigenvalue weighted by Gasteiger charge is -2.36. The molecule has 1 amide bonds. The Bertz CT molecular complexity index is 638. The third-order valence-corrected chi connectivity index (χ3v) is 4.35. The quantitative estimate of drug-likeness (QED) is 0.883. The molecule has 1 fully saturated rings. The highest BCUT2D eigenvalue weighted by Gasteiger charge is 2.30. The van der Waals surface area contributed by atoms with E-state index in [4.69, 9.17) is 4.74 Å². The standard InChI is InChI=1S/C18H28N2O4/c1-12(2)5-7-19-8-6-13(3)16(17(19)22)18(23)20-9-14(4)24-15(10-20)11-21/h6,8,12,14-15,21H,5,7,9-11H2,1-4H3/t14-,15-/m0/s1. The van der Waals surface area contributed by atoms with E-state index in [-0.39, 0.29) is 29.7 Å². The maximum atomic E-state index is 12.9. The van der Waals surface area contributed by atoms with Gasteiger partial charge in [-0.25, -0.2) is 0 Å². The minimum Gasteiger partial charge on any atom is -0.394 e. The summed E-state index contributed by atoms with van der Waals surface area (Å²) in [5.41, 5.74) is 0.679. The summed E-state index contributed by atoms with van der Waals surface area (Å²) in [5, 5.41) is 9.33. The fraction of sp³-hybridized carbons (Fsp3) is 0.667. The number of hydrogen-bond acceptors (Lipinski definition) is 4. The smallest absolute Gasteiger partial charge is 0.263 e. The fourth-order valence-electron chi connectivity index (χ4n) is 2.97. The first-order valence-electron chi connectivity index (χ1n) is 8.59. The van der Waals surface area contributed by atoms with Crippen LogP contribution in [0.1, 0.15) is 43.1 Å². The zero-order valence-corrected chi connectivity index (χ0v) is 15.0. The topological polar surface area (TPSA) is 71.8 Å². The molecular weight excluding hydrogens is 308 g/mol. The van der Waals surface area contributed by atoms with E-state index in [9.17, 15) is 14.7 Å². The van der Waals surface area contributed by atoms with E-state index in [1.807, 2.05) is 13.0 Å². The van der Waals surface area contributed by atoms with Gasteiger partial charge in [0.15, 0.2) is 0 Å². The monoisotopic (exact) mass is 336 g/mol. The van der Waals surface area contributed by atoms with Gasteiger partial charge in [0.25, 0.3) is 11.5 Å². The van der Waals surface area contributed by atoms with E-state index < -0.39 is 6.10 Å². The summed E-state index contributed by atoms with van der Waals surface area (Å²) in [4.78, 5) is 27.3. The molecule has 1 aromatic rings. The molecule has 0 spiro atoms. The number of rotatable bonds is 5. The van der Waals surface area contributed by atoms with E-state index in [1.54, 1.807) is 22.6 Å². The van der Waals surface area contributed by atoms with Crippen molar-refractivity contribution in [3.63, 3.8) is 0 Å². The molecule has 134 valence electrons. The average molecular weight is 336 g/mol.